The predicted molar refractivity (Wildman–Crippen MR) is 132 cm³/mol. The van der Waals surface area contributed by atoms with Gasteiger partial charge in [0.1, 0.15) is 0 Å². The molecule has 0 bridgehead atoms. The van der Waals surface area contributed by atoms with E-state index in [1.54, 1.807) is 12.1 Å². The highest BCUT2D eigenvalue weighted by molar-refractivity contribution is 5.95. The number of likely N-dealkylation sites (tertiary alicyclic amines) is 2. The van der Waals surface area contributed by atoms with Gasteiger partial charge in [0.05, 0.1) is 0 Å². The Morgan fingerprint density at radius 2 is 1.39 bits per heavy atom. The van der Waals surface area contributed by atoms with Crippen LogP contribution in [0.4, 0.5) is 0 Å². The first kappa shape index (κ1) is 23.5. The van der Waals surface area contributed by atoms with Crippen molar-refractivity contribution in [2.45, 2.75) is 44.6 Å². The summed E-state index contributed by atoms with van der Waals surface area (Å²) in [7, 11) is 0. The molecule has 4 rings (SSSR count). The van der Waals surface area contributed by atoms with Crippen LogP contribution in [0.25, 0.3) is 11.1 Å². The van der Waals surface area contributed by atoms with E-state index in [1.807, 2.05) is 36.4 Å². The largest absolute Gasteiger partial charge is 0.366 e. The number of hydrogen-bond acceptors (Lipinski definition) is 4. The number of nitrogens with two attached hydrogens (primary N) is 1. The van der Waals surface area contributed by atoms with Crippen LogP contribution >= 0.6 is 0 Å². The molecule has 2 aliphatic rings. The van der Waals surface area contributed by atoms with Crippen LogP contribution in [-0.4, -0.2) is 66.9 Å². The number of rotatable bonds is 8. The van der Waals surface area contributed by atoms with Gasteiger partial charge >= 0.3 is 0 Å². The maximum atomic E-state index is 12.5. The molecule has 2 aromatic rings. The van der Waals surface area contributed by atoms with E-state index in [0.717, 1.165) is 30.1 Å². The van der Waals surface area contributed by atoms with E-state index >= 15 is 0 Å². The first-order chi connectivity index (χ1) is 16.1. The molecule has 2 aromatic carbocycles. The number of benzene rings is 2. The van der Waals surface area contributed by atoms with Gasteiger partial charge in [-0.25, -0.2) is 0 Å². The molecule has 2 saturated heterocycles. The molecule has 6 nitrogen and oxygen atoms in total. The van der Waals surface area contributed by atoms with Gasteiger partial charge in [-0.1, -0.05) is 30.7 Å². The Bertz CT molecular complexity index is 912. The Hall–Kier alpha value is -2.70. The molecule has 2 aliphatic heterocycles. The van der Waals surface area contributed by atoms with Gasteiger partial charge in [0.25, 0.3) is 5.91 Å². The van der Waals surface area contributed by atoms with Crippen LogP contribution < -0.4 is 11.1 Å². The lowest BCUT2D eigenvalue weighted by Gasteiger charge is -2.40. The molecule has 6 heteroatoms. The minimum atomic E-state index is -0.435. The predicted octanol–water partition coefficient (Wildman–Crippen LogP) is 3.52. The number of amides is 2. The van der Waals surface area contributed by atoms with Crippen molar-refractivity contribution in [1.82, 2.24) is 15.1 Å². The Kier molecular flexibility index (Phi) is 8.13. The van der Waals surface area contributed by atoms with Gasteiger partial charge in [-0.05, 0) is 100 Å². The summed E-state index contributed by atoms with van der Waals surface area (Å²) in [4.78, 5) is 29.0. The van der Waals surface area contributed by atoms with Crippen LogP contribution in [0.3, 0.4) is 0 Å². The second kappa shape index (κ2) is 11.4. The van der Waals surface area contributed by atoms with Gasteiger partial charge in [0.2, 0.25) is 5.91 Å². The number of carbonyl (C=O) groups is 2. The van der Waals surface area contributed by atoms with Crippen molar-refractivity contribution in [2.75, 3.05) is 39.3 Å². The summed E-state index contributed by atoms with van der Waals surface area (Å²) in [5, 5.41) is 3.05. The molecule has 2 amide bonds. The van der Waals surface area contributed by atoms with E-state index in [2.05, 4.69) is 15.1 Å². The van der Waals surface area contributed by atoms with Gasteiger partial charge in [0, 0.05) is 23.7 Å². The zero-order chi connectivity index (χ0) is 23.0. The number of hydrogen-bond donors (Lipinski definition) is 2. The van der Waals surface area contributed by atoms with Crippen LogP contribution in [0.5, 0.6) is 0 Å². The van der Waals surface area contributed by atoms with Crippen molar-refractivity contribution >= 4 is 11.8 Å². The highest BCUT2D eigenvalue weighted by Crippen LogP contribution is 2.22. The number of primary amides is 1. The monoisotopic (exact) mass is 448 g/mol. The highest BCUT2D eigenvalue weighted by Gasteiger charge is 2.25. The van der Waals surface area contributed by atoms with Crippen molar-refractivity contribution in [3.05, 3.63) is 59.7 Å². The lowest BCUT2D eigenvalue weighted by molar-refractivity contribution is 0.0902. The minimum Gasteiger partial charge on any atom is -0.366 e. The summed E-state index contributed by atoms with van der Waals surface area (Å²) in [6.45, 7) is 6.68. The van der Waals surface area contributed by atoms with E-state index in [9.17, 15) is 9.59 Å². The lowest BCUT2D eigenvalue weighted by atomic mass is 10.00. The second-order valence-electron chi connectivity index (χ2n) is 9.30. The van der Waals surface area contributed by atoms with Crippen molar-refractivity contribution < 1.29 is 9.59 Å². The van der Waals surface area contributed by atoms with Gasteiger partial charge < -0.3 is 20.9 Å². The van der Waals surface area contributed by atoms with Gasteiger partial charge in [-0.3, -0.25) is 9.59 Å². The van der Waals surface area contributed by atoms with Gasteiger partial charge in [-0.2, -0.15) is 0 Å². The normalized spacial score (nSPS) is 18.2. The summed E-state index contributed by atoms with van der Waals surface area (Å²) < 4.78 is 0. The number of carbonyl (C=O) groups excluding carboxylic acids is 2. The Morgan fingerprint density at radius 3 is 1.97 bits per heavy atom. The molecule has 2 heterocycles. The topological polar surface area (TPSA) is 78.7 Å². The molecule has 33 heavy (non-hydrogen) atoms. The molecule has 0 radical (unpaired) electrons. The van der Waals surface area contributed by atoms with E-state index < -0.39 is 5.91 Å². The van der Waals surface area contributed by atoms with E-state index in [4.69, 9.17) is 5.73 Å². The molecule has 0 unspecified atom stereocenters. The third kappa shape index (κ3) is 6.42. The molecule has 0 aliphatic carbocycles. The summed E-state index contributed by atoms with van der Waals surface area (Å²) >= 11 is 0. The molecular formula is C27H36N4O2. The average molecular weight is 449 g/mol. The Labute approximate surface area is 197 Å². The summed E-state index contributed by atoms with van der Waals surface area (Å²) in [6, 6.07) is 15.5. The third-order valence-corrected chi connectivity index (χ3v) is 7.05. The van der Waals surface area contributed by atoms with Crippen molar-refractivity contribution in [3.8, 4) is 11.1 Å². The van der Waals surface area contributed by atoms with Crippen molar-refractivity contribution in [3.63, 3.8) is 0 Å². The molecule has 0 saturated carbocycles. The number of nitrogens with one attached hydrogen (secondary N) is 1. The first-order valence-electron chi connectivity index (χ1n) is 12.3. The molecule has 0 spiro atoms. The fraction of sp³-hybridized carbons (Fsp3) is 0.481. The molecule has 0 atom stereocenters. The first-order valence-corrected chi connectivity index (χ1v) is 12.3. The average Bonchev–Trinajstić information content (AvgIpc) is 2.87. The fourth-order valence-electron chi connectivity index (χ4n) is 5.04. The molecule has 3 N–H and O–H groups in total. The van der Waals surface area contributed by atoms with Crippen LogP contribution in [0.1, 0.15) is 59.2 Å². The maximum Gasteiger partial charge on any atom is 0.251 e. The fourth-order valence-corrected chi connectivity index (χ4v) is 5.04. The smallest absolute Gasteiger partial charge is 0.251 e. The third-order valence-electron chi connectivity index (χ3n) is 7.05. The van der Waals surface area contributed by atoms with E-state index in [0.29, 0.717) is 17.7 Å². The summed E-state index contributed by atoms with van der Waals surface area (Å²) in [5.41, 5.74) is 8.42. The number of nitrogens with zero attached hydrogens (tertiary/aromatic N) is 2. The van der Waals surface area contributed by atoms with E-state index in [-0.39, 0.29) is 5.91 Å². The van der Waals surface area contributed by atoms with Gasteiger partial charge in [0.15, 0.2) is 0 Å². The Balaban J connectivity index is 1.16. The van der Waals surface area contributed by atoms with Crippen LogP contribution in [-0.2, 0) is 0 Å². The van der Waals surface area contributed by atoms with E-state index in [1.165, 1.54) is 58.3 Å². The molecule has 176 valence electrons. The summed E-state index contributed by atoms with van der Waals surface area (Å²) in [5.74, 6) is -0.468. The standard InChI is InChI=1S/C27H36N4O2/c28-26(32)23-9-5-21(6-10-23)22-7-11-24(12-8-22)27(33)29-15-4-16-30-19-13-25(14-20-30)31-17-2-1-3-18-31/h5-12,25H,1-4,13-20H2,(H2,28,32)(H,29,33). The van der Waals surface area contributed by atoms with Crippen LogP contribution in [0, 0.1) is 0 Å². The zero-order valence-electron chi connectivity index (χ0n) is 19.5. The number of piperidine rings is 2. The van der Waals surface area contributed by atoms with Crippen molar-refractivity contribution in [2.24, 2.45) is 5.73 Å². The second-order valence-corrected chi connectivity index (χ2v) is 9.30. The SMILES string of the molecule is NC(=O)c1ccc(-c2ccc(C(=O)NCCCN3CCC(N4CCCCC4)CC3)cc2)cc1. The Morgan fingerprint density at radius 1 is 0.818 bits per heavy atom. The molecular weight excluding hydrogens is 412 g/mol. The van der Waals surface area contributed by atoms with Crippen LogP contribution in [0.15, 0.2) is 48.5 Å². The molecule has 2 fully saturated rings. The summed E-state index contributed by atoms with van der Waals surface area (Å²) in [6.07, 6.45) is 7.68. The van der Waals surface area contributed by atoms with Gasteiger partial charge in [-0.15, -0.1) is 0 Å². The van der Waals surface area contributed by atoms with Crippen LogP contribution in [0.2, 0.25) is 0 Å². The lowest BCUT2D eigenvalue weighted by Crippen LogP contribution is -2.47. The highest BCUT2D eigenvalue weighted by atomic mass is 16.2. The van der Waals surface area contributed by atoms with Crippen molar-refractivity contribution in [1.29, 1.82) is 0 Å². The zero-order valence-corrected chi connectivity index (χ0v) is 19.5. The molecule has 0 aromatic heterocycles. The minimum absolute atomic E-state index is 0.0329. The maximum absolute atomic E-state index is 12.5. The quantitative estimate of drug-likeness (QED) is 0.606.